The van der Waals surface area contributed by atoms with Gasteiger partial charge in [0.2, 0.25) is 5.95 Å². The Morgan fingerprint density at radius 2 is 1.89 bits per heavy atom. The fourth-order valence-corrected chi connectivity index (χ4v) is 3.52. The summed E-state index contributed by atoms with van der Waals surface area (Å²) in [7, 11) is 1.61. The van der Waals surface area contributed by atoms with E-state index >= 15 is 0 Å². The minimum Gasteiger partial charge on any atom is -0.367 e. The summed E-state index contributed by atoms with van der Waals surface area (Å²) in [5.74, 6) is 1.32. The van der Waals surface area contributed by atoms with Gasteiger partial charge in [-0.15, -0.1) is 5.10 Å². The molecular weight excluding hydrogens is 354 g/mol. The number of nitrogens with one attached hydrogen (secondary N) is 3. The van der Waals surface area contributed by atoms with Crippen LogP contribution in [0.4, 0.5) is 17.5 Å². The van der Waals surface area contributed by atoms with Crippen LogP contribution in [0, 0.1) is 0 Å². The summed E-state index contributed by atoms with van der Waals surface area (Å²) in [6.45, 7) is 0. The zero-order valence-electron chi connectivity index (χ0n) is 15.9. The summed E-state index contributed by atoms with van der Waals surface area (Å²) in [5.41, 5.74) is 8.20. The van der Waals surface area contributed by atoms with Crippen molar-refractivity contribution < 1.29 is 6.22 Å². The fraction of sp³-hybridized carbons (Fsp3) is 0.350. The maximum Gasteiger partial charge on any atom is 0.251 e. The average Bonchev–Trinajstić information content (AvgIpc) is 3.13. The van der Waals surface area contributed by atoms with E-state index in [9.17, 15) is 4.79 Å². The number of fused-ring (bicyclic) bond motifs is 1. The highest BCUT2D eigenvalue weighted by atomic mass is 16.1. The van der Waals surface area contributed by atoms with E-state index in [1.165, 1.54) is 0 Å². The van der Waals surface area contributed by atoms with Gasteiger partial charge in [-0.05, 0) is 62.1 Å². The van der Waals surface area contributed by atoms with Crippen molar-refractivity contribution in [1.82, 2.24) is 19.9 Å². The Balaban J connectivity index is 0.00000240. The van der Waals surface area contributed by atoms with Gasteiger partial charge < -0.3 is 21.7 Å². The van der Waals surface area contributed by atoms with E-state index in [0.717, 1.165) is 42.8 Å². The first-order chi connectivity index (χ1) is 13.6. The van der Waals surface area contributed by atoms with Gasteiger partial charge in [0.25, 0.3) is 5.91 Å². The van der Waals surface area contributed by atoms with E-state index < -0.39 is 0 Å². The van der Waals surface area contributed by atoms with Gasteiger partial charge >= 0.3 is 0 Å². The number of pyridine rings is 1. The third-order valence-corrected chi connectivity index (χ3v) is 5.11. The lowest BCUT2D eigenvalue weighted by Gasteiger charge is -2.27. The summed E-state index contributed by atoms with van der Waals surface area (Å²) in [4.78, 5) is 16.2. The van der Waals surface area contributed by atoms with Crippen molar-refractivity contribution in [2.24, 2.45) is 5.73 Å². The van der Waals surface area contributed by atoms with Gasteiger partial charge in [-0.3, -0.25) is 4.79 Å². The Labute approximate surface area is 165 Å². The van der Waals surface area contributed by atoms with Crippen molar-refractivity contribution in [3.63, 3.8) is 0 Å². The van der Waals surface area contributed by atoms with E-state index in [4.69, 9.17) is 5.73 Å². The van der Waals surface area contributed by atoms with E-state index in [1.807, 2.05) is 34.8 Å². The zero-order valence-corrected chi connectivity index (χ0v) is 15.9. The van der Waals surface area contributed by atoms with Crippen LogP contribution < -0.4 is 21.7 Å². The summed E-state index contributed by atoms with van der Waals surface area (Å²) in [6.07, 6.45) is 4.22. The topological polar surface area (TPSA) is 109 Å². The minimum absolute atomic E-state index is 0. The number of benzene rings is 1. The molecule has 148 valence electrons. The Hall–Kier alpha value is -3.13. The SMILES string of the molecule is CNC(=O)c1ccc(Nc2nc3cccc(NC4CCC(N)CC4)n3n2)cc1.[HH]. The molecule has 1 fully saturated rings. The molecule has 2 heterocycles. The number of rotatable bonds is 5. The third kappa shape index (κ3) is 3.91. The molecule has 8 heteroatoms. The summed E-state index contributed by atoms with van der Waals surface area (Å²) in [6, 6.07) is 13.8. The molecule has 0 unspecified atom stereocenters. The van der Waals surface area contributed by atoms with Crippen molar-refractivity contribution in [2.75, 3.05) is 17.7 Å². The van der Waals surface area contributed by atoms with Crippen LogP contribution in [0.5, 0.6) is 0 Å². The molecule has 0 aliphatic heterocycles. The molecule has 0 bridgehead atoms. The van der Waals surface area contributed by atoms with Crippen LogP contribution >= 0.6 is 0 Å². The second kappa shape index (κ2) is 7.85. The van der Waals surface area contributed by atoms with Crippen molar-refractivity contribution >= 4 is 29.0 Å². The molecule has 3 aromatic rings. The number of anilines is 3. The van der Waals surface area contributed by atoms with Gasteiger partial charge in [0, 0.05) is 31.8 Å². The highest BCUT2D eigenvalue weighted by Crippen LogP contribution is 2.22. The molecule has 2 aromatic heterocycles. The van der Waals surface area contributed by atoms with Gasteiger partial charge in [0.05, 0.1) is 0 Å². The van der Waals surface area contributed by atoms with Crippen molar-refractivity contribution in [1.29, 1.82) is 0 Å². The first kappa shape index (κ1) is 18.2. The van der Waals surface area contributed by atoms with Crippen LogP contribution in [0.1, 0.15) is 37.5 Å². The Morgan fingerprint density at radius 1 is 1.14 bits per heavy atom. The number of nitrogens with two attached hydrogens (primary N) is 1. The number of carbonyl (C=O) groups is 1. The van der Waals surface area contributed by atoms with E-state index in [0.29, 0.717) is 23.6 Å². The Bertz CT molecular complexity index is 965. The largest absolute Gasteiger partial charge is 0.367 e. The van der Waals surface area contributed by atoms with Crippen LogP contribution in [0.15, 0.2) is 42.5 Å². The normalized spacial score (nSPS) is 19.4. The number of hydrogen-bond acceptors (Lipinski definition) is 6. The summed E-state index contributed by atoms with van der Waals surface area (Å²) < 4.78 is 1.82. The molecule has 0 radical (unpaired) electrons. The number of carbonyl (C=O) groups excluding carboxylic acids is 1. The van der Waals surface area contributed by atoms with Gasteiger partial charge in [0.1, 0.15) is 5.82 Å². The molecule has 1 aliphatic rings. The predicted octanol–water partition coefficient (Wildman–Crippen LogP) is 2.76. The maximum absolute atomic E-state index is 11.6. The molecule has 28 heavy (non-hydrogen) atoms. The van der Waals surface area contributed by atoms with E-state index in [1.54, 1.807) is 19.2 Å². The lowest BCUT2D eigenvalue weighted by molar-refractivity contribution is 0.0963. The van der Waals surface area contributed by atoms with Crippen molar-refractivity contribution in [3.05, 3.63) is 48.0 Å². The third-order valence-electron chi connectivity index (χ3n) is 5.11. The smallest absolute Gasteiger partial charge is 0.251 e. The maximum atomic E-state index is 11.6. The van der Waals surface area contributed by atoms with E-state index in [2.05, 4.69) is 26.0 Å². The number of nitrogens with zero attached hydrogens (tertiary/aromatic N) is 3. The van der Waals surface area contributed by atoms with Gasteiger partial charge in [-0.2, -0.15) is 9.50 Å². The van der Waals surface area contributed by atoms with Gasteiger partial charge in [-0.25, -0.2) is 0 Å². The molecule has 0 saturated heterocycles. The quantitative estimate of drug-likeness (QED) is 0.541. The average molecular weight is 381 g/mol. The molecule has 1 saturated carbocycles. The first-order valence-corrected chi connectivity index (χ1v) is 9.59. The monoisotopic (exact) mass is 381 g/mol. The molecule has 4 rings (SSSR count). The Kier molecular flexibility index (Phi) is 5.12. The number of hydrogen-bond donors (Lipinski definition) is 4. The van der Waals surface area contributed by atoms with Crippen LogP contribution in [-0.2, 0) is 0 Å². The zero-order chi connectivity index (χ0) is 19.5. The molecule has 0 spiro atoms. The lowest BCUT2D eigenvalue weighted by atomic mass is 9.92. The molecule has 1 amide bonds. The molecule has 0 atom stereocenters. The second-order valence-corrected chi connectivity index (χ2v) is 7.15. The minimum atomic E-state index is -0.114. The van der Waals surface area contributed by atoms with E-state index in [-0.39, 0.29) is 7.33 Å². The summed E-state index contributed by atoms with van der Waals surface area (Å²) >= 11 is 0. The first-order valence-electron chi connectivity index (χ1n) is 9.59. The fourth-order valence-electron chi connectivity index (χ4n) is 3.52. The van der Waals surface area contributed by atoms with Crippen LogP contribution in [0.3, 0.4) is 0 Å². The summed E-state index contributed by atoms with van der Waals surface area (Å²) in [5, 5.41) is 14.0. The molecule has 8 nitrogen and oxygen atoms in total. The van der Waals surface area contributed by atoms with Crippen molar-refractivity contribution in [2.45, 2.75) is 37.8 Å². The Morgan fingerprint density at radius 3 is 2.61 bits per heavy atom. The van der Waals surface area contributed by atoms with Crippen LogP contribution in [0.25, 0.3) is 5.65 Å². The number of aromatic nitrogens is 3. The predicted molar refractivity (Wildman–Crippen MR) is 112 cm³/mol. The highest BCUT2D eigenvalue weighted by Gasteiger charge is 2.19. The molecular formula is C20H27N7O. The number of amides is 1. The highest BCUT2D eigenvalue weighted by molar-refractivity contribution is 5.94. The van der Waals surface area contributed by atoms with Crippen molar-refractivity contribution in [3.8, 4) is 0 Å². The van der Waals surface area contributed by atoms with Gasteiger partial charge in [-0.1, -0.05) is 6.07 Å². The van der Waals surface area contributed by atoms with Crippen LogP contribution in [0.2, 0.25) is 0 Å². The van der Waals surface area contributed by atoms with Gasteiger partial charge in [0.15, 0.2) is 5.65 Å². The molecule has 1 aromatic carbocycles. The lowest BCUT2D eigenvalue weighted by Crippen LogP contribution is -2.33. The standard InChI is InChI=1S/C20H25N7O.H2/c1-22-19(28)13-5-9-16(10-6-13)24-20-25-18-4-2-3-17(27(18)26-20)23-15-11-7-14(21)8-12-15;/h2-6,9-10,14-15,23H,7-8,11-12,21H2,1H3,(H,22,28)(H,24,26);1H. The molecule has 5 N–H and O–H groups in total. The second-order valence-electron chi connectivity index (χ2n) is 7.15. The molecule has 1 aliphatic carbocycles. The van der Waals surface area contributed by atoms with Crippen LogP contribution in [-0.4, -0.2) is 39.6 Å².